The molecular formula is C17H21N3O3. The summed E-state index contributed by atoms with van der Waals surface area (Å²) in [6.07, 6.45) is 0. The van der Waals surface area contributed by atoms with E-state index in [1.807, 2.05) is 13.8 Å². The highest BCUT2D eigenvalue weighted by molar-refractivity contribution is 6.06. The maximum absolute atomic E-state index is 12.5. The molecule has 2 aromatic rings. The largest absolute Gasteiger partial charge is 0.360 e. The Morgan fingerprint density at radius 3 is 2.57 bits per heavy atom. The number of nitrogens with zero attached hydrogens (tertiary/aromatic N) is 2. The van der Waals surface area contributed by atoms with E-state index in [1.165, 1.54) is 4.90 Å². The normalized spacial score (nSPS) is 10.7. The maximum atomic E-state index is 12.5. The molecule has 0 aliphatic heterocycles. The molecule has 0 radical (unpaired) electrons. The first-order chi connectivity index (χ1) is 10.8. The van der Waals surface area contributed by atoms with Crippen LogP contribution in [0.25, 0.3) is 0 Å². The molecule has 0 spiro atoms. The molecule has 1 N–H and O–H groups in total. The second kappa shape index (κ2) is 6.64. The van der Waals surface area contributed by atoms with Crippen molar-refractivity contribution in [3.8, 4) is 0 Å². The van der Waals surface area contributed by atoms with Crippen molar-refractivity contribution in [3.05, 3.63) is 46.8 Å². The predicted molar refractivity (Wildman–Crippen MR) is 87.7 cm³/mol. The fourth-order valence-electron chi connectivity index (χ4n) is 2.24. The molecule has 1 heterocycles. The summed E-state index contributed by atoms with van der Waals surface area (Å²) in [6.45, 7) is 5.61. The number of anilines is 1. The summed E-state index contributed by atoms with van der Waals surface area (Å²) in [6, 6.07) is 6.83. The first-order valence-electron chi connectivity index (χ1n) is 7.40. The van der Waals surface area contributed by atoms with E-state index in [1.54, 1.807) is 45.3 Å². The number of carbonyl (C=O) groups is 2. The molecule has 1 aromatic carbocycles. The molecule has 0 aliphatic rings. The average molecular weight is 315 g/mol. The van der Waals surface area contributed by atoms with Gasteiger partial charge in [-0.1, -0.05) is 25.1 Å². The van der Waals surface area contributed by atoms with E-state index in [0.717, 1.165) is 0 Å². The average Bonchev–Trinajstić information content (AvgIpc) is 2.88. The van der Waals surface area contributed by atoms with Crippen LogP contribution in [0.1, 0.15) is 51.9 Å². The quantitative estimate of drug-likeness (QED) is 0.941. The van der Waals surface area contributed by atoms with E-state index in [2.05, 4.69) is 10.5 Å². The van der Waals surface area contributed by atoms with Gasteiger partial charge in [0.25, 0.3) is 11.8 Å². The minimum atomic E-state index is -0.290. The van der Waals surface area contributed by atoms with Gasteiger partial charge >= 0.3 is 0 Å². The van der Waals surface area contributed by atoms with E-state index in [-0.39, 0.29) is 17.7 Å². The molecule has 122 valence electrons. The first kappa shape index (κ1) is 16.7. The summed E-state index contributed by atoms with van der Waals surface area (Å²) in [5.74, 6) is 0.200. The van der Waals surface area contributed by atoms with Crippen LogP contribution in [0, 0.1) is 6.92 Å². The molecule has 0 atom stereocenters. The van der Waals surface area contributed by atoms with E-state index < -0.39 is 0 Å². The zero-order valence-electron chi connectivity index (χ0n) is 14.0. The number of benzene rings is 1. The third-order valence-electron chi connectivity index (χ3n) is 3.41. The molecule has 0 aliphatic carbocycles. The maximum Gasteiger partial charge on any atom is 0.261 e. The minimum absolute atomic E-state index is 0.0543. The van der Waals surface area contributed by atoms with Gasteiger partial charge in [0.1, 0.15) is 5.56 Å². The van der Waals surface area contributed by atoms with Crippen LogP contribution in [0.4, 0.5) is 5.69 Å². The van der Waals surface area contributed by atoms with Gasteiger partial charge in [0.05, 0.1) is 5.69 Å². The molecule has 2 amide bonds. The third kappa shape index (κ3) is 3.59. The fraction of sp³-hybridized carbons (Fsp3) is 0.353. The molecule has 0 bridgehead atoms. The second-order valence-corrected chi connectivity index (χ2v) is 5.90. The molecule has 6 heteroatoms. The van der Waals surface area contributed by atoms with Gasteiger partial charge in [-0.2, -0.15) is 0 Å². The summed E-state index contributed by atoms with van der Waals surface area (Å²) in [4.78, 5) is 26.0. The van der Waals surface area contributed by atoms with Crippen molar-refractivity contribution < 1.29 is 14.1 Å². The molecule has 0 saturated heterocycles. The number of nitrogens with one attached hydrogen (secondary N) is 1. The van der Waals surface area contributed by atoms with E-state index in [9.17, 15) is 9.59 Å². The van der Waals surface area contributed by atoms with Gasteiger partial charge in [-0.3, -0.25) is 9.59 Å². The number of amides is 2. The van der Waals surface area contributed by atoms with Crippen LogP contribution >= 0.6 is 0 Å². The standard InChI is InChI=1S/C17H21N3O3/c1-10(2)15-14(11(3)19-23-15)16(21)18-13-8-6-7-12(9-13)17(22)20(4)5/h6-10H,1-5H3,(H,18,21). The summed E-state index contributed by atoms with van der Waals surface area (Å²) in [5, 5.41) is 6.68. The molecular weight excluding hydrogens is 294 g/mol. The van der Waals surface area contributed by atoms with Crippen LogP contribution < -0.4 is 5.32 Å². The SMILES string of the molecule is Cc1noc(C(C)C)c1C(=O)Nc1cccc(C(=O)N(C)C)c1. The lowest BCUT2D eigenvalue weighted by molar-refractivity contribution is 0.0827. The smallest absolute Gasteiger partial charge is 0.261 e. The van der Waals surface area contributed by atoms with Crippen LogP contribution in [0.2, 0.25) is 0 Å². The van der Waals surface area contributed by atoms with Crippen molar-refractivity contribution in [2.45, 2.75) is 26.7 Å². The molecule has 23 heavy (non-hydrogen) atoms. The van der Waals surface area contributed by atoms with E-state index in [4.69, 9.17) is 4.52 Å². The van der Waals surface area contributed by atoms with Crippen LogP contribution in [-0.4, -0.2) is 36.0 Å². The van der Waals surface area contributed by atoms with Gasteiger partial charge in [-0.25, -0.2) is 0 Å². The Kier molecular flexibility index (Phi) is 4.83. The minimum Gasteiger partial charge on any atom is -0.360 e. The number of hydrogen-bond acceptors (Lipinski definition) is 4. The molecule has 6 nitrogen and oxygen atoms in total. The van der Waals surface area contributed by atoms with Crippen molar-refractivity contribution in [3.63, 3.8) is 0 Å². The van der Waals surface area contributed by atoms with Crippen LogP contribution in [-0.2, 0) is 0 Å². The highest BCUT2D eigenvalue weighted by atomic mass is 16.5. The van der Waals surface area contributed by atoms with Gasteiger partial charge in [0, 0.05) is 31.3 Å². The predicted octanol–water partition coefficient (Wildman–Crippen LogP) is 3.06. The summed E-state index contributed by atoms with van der Waals surface area (Å²) >= 11 is 0. The number of rotatable bonds is 4. The summed E-state index contributed by atoms with van der Waals surface area (Å²) in [5.41, 5.74) is 2.06. The Morgan fingerprint density at radius 2 is 1.96 bits per heavy atom. The summed E-state index contributed by atoms with van der Waals surface area (Å²) < 4.78 is 5.24. The van der Waals surface area contributed by atoms with Crippen LogP contribution in [0.15, 0.2) is 28.8 Å². The van der Waals surface area contributed by atoms with Crippen molar-refractivity contribution in [2.24, 2.45) is 0 Å². The fourth-order valence-corrected chi connectivity index (χ4v) is 2.24. The molecule has 2 rings (SSSR count). The van der Waals surface area contributed by atoms with Crippen molar-refractivity contribution in [2.75, 3.05) is 19.4 Å². The Morgan fingerprint density at radius 1 is 1.26 bits per heavy atom. The van der Waals surface area contributed by atoms with E-state index in [0.29, 0.717) is 28.3 Å². The number of carbonyl (C=O) groups excluding carboxylic acids is 2. The van der Waals surface area contributed by atoms with Crippen molar-refractivity contribution in [1.29, 1.82) is 0 Å². The van der Waals surface area contributed by atoms with Gasteiger partial charge in [-0.15, -0.1) is 0 Å². The van der Waals surface area contributed by atoms with Crippen LogP contribution in [0.5, 0.6) is 0 Å². The van der Waals surface area contributed by atoms with Crippen LogP contribution in [0.3, 0.4) is 0 Å². The number of aromatic nitrogens is 1. The second-order valence-electron chi connectivity index (χ2n) is 5.90. The molecule has 0 saturated carbocycles. The van der Waals surface area contributed by atoms with Gasteiger partial charge in [-0.05, 0) is 25.1 Å². The highest BCUT2D eigenvalue weighted by Gasteiger charge is 2.22. The Labute approximate surface area is 135 Å². The molecule has 1 aromatic heterocycles. The van der Waals surface area contributed by atoms with Gasteiger partial charge in [0.2, 0.25) is 0 Å². The molecule has 0 unspecified atom stereocenters. The highest BCUT2D eigenvalue weighted by Crippen LogP contribution is 2.23. The van der Waals surface area contributed by atoms with Gasteiger partial charge in [0.15, 0.2) is 5.76 Å². The zero-order valence-corrected chi connectivity index (χ0v) is 14.0. The van der Waals surface area contributed by atoms with Gasteiger partial charge < -0.3 is 14.7 Å². The lowest BCUT2D eigenvalue weighted by Gasteiger charge is -2.12. The molecule has 0 fully saturated rings. The lowest BCUT2D eigenvalue weighted by atomic mass is 10.0. The number of aryl methyl sites for hydroxylation is 1. The van der Waals surface area contributed by atoms with Crippen molar-refractivity contribution in [1.82, 2.24) is 10.1 Å². The monoisotopic (exact) mass is 315 g/mol. The van der Waals surface area contributed by atoms with Crippen molar-refractivity contribution >= 4 is 17.5 Å². The Hall–Kier alpha value is -2.63. The lowest BCUT2D eigenvalue weighted by Crippen LogP contribution is -2.22. The first-order valence-corrected chi connectivity index (χ1v) is 7.40. The topological polar surface area (TPSA) is 75.4 Å². The zero-order chi connectivity index (χ0) is 17.1. The van der Waals surface area contributed by atoms with E-state index >= 15 is 0 Å². The third-order valence-corrected chi connectivity index (χ3v) is 3.41. The Balaban J connectivity index is 2.26. The Bertz CT molecular complexity index is 732. The summed E-state index contributed by atoms with van der Waals surface area (Å²) in [7, 11) is 3.37. The number of hydrogen-bond donors (Lipinski definition) is 1.